The van der Waals surface area contributed by atoms with Crippen LogP contribution in [0.4, 0.5) is 0 Å². The average molecular weight is 299 g/mol. The van der Waals surface area contributed by atoms with Gasteiger partial charge in [-0.05, 0) is 58.4 Å². The molecule has 0 amide bonds. The number of rotatable bonds is 1. The van der Waals surface area contributed by atoms with Crippen LogP contribution in [-0.2, 0) is 12.8 Å². The lowest BCUT2D eigenvalue weighted by Gasteiger charge is -2.12. The molecule has 1 aromatic heterocycles. The predicted octanol–water partition coefficient (Wildman–Crippen LogP) is 4.47. The van der Waals surface area contributed by atoms with E-state index in [1.165, 1.54) is 34.0 Å². The van der Waals surface area contributed by atoms with Crippen molar-refractivity contribution < 1.29 is 5.11 Å². The summed E-state index contributed by atoms with van der Waals surface area (Å²) in [5, 5.41) is 9.70. The molecule has 0 unspecified atom stereocenters. The zero-order valence-corrected chi connectivity index (χ0v) is 12.7. The van der Waals surface area contributed by atoms with Gasteiger partial charge in [0, 0.05) is 6.20 Å². The fourth-order valence-electron chi connectivity index (χ4n) is 3.26. The lowest BCUT2D eigenvalue weighted by molar-refractivity contribution is 0.472. The number of aryl methyl sites for hydroxylation is 2. The van der Waals surface area contributed by atoms with Crippen molar-refractivity contribution in [2.24, 2.45) is 0 Å². The molecule has 2 aromatic carbocycles. The molecule has 1 N–H and O–H groups in total. The first kappa shape index (κ1) is 13.8. The third-order valence-corrected chi connectivity index (χ3v) is 4.33. The fourth-order valence-corrected chi connectivity index (χ4v) is 3.26. The van der Waals surface area contributed by atoms with Crippen molar-refractivity contribution in [1.82, 2.24) is 4.98 Å². The Balaban J connectivity index is 1.97. The van der Waals surface area contributed by atoms with Gasteiger partial charge in [0.1, 0.15) is 5.75 Å². The van der Waals surface area contributed by atoms with Gasteiger partial charge in [0.15, 0.2) is 0 Å². The van der Waals surface area contributed by atoms with Gasteiger partial charge in [-0.1, -0.05) is 48.5 Å². The standard InChI is InChI=1S/C21H17NO/c23-18-11-15(13-22-14-18)12-21-19-7-3-1-5-16(19)9-10-17-6-2-4-8-20(17)21/h1-8,11-14,23H,9-10H2. The molecular weight excluding hydrogens is 282 g/mol. The van der Waals surface area contributed by atoms with Crippen molar-refractivity contribution in [3.05, 3.63) is 94.8 Å². The summed E-state index contributed by atoms with van der Waals surface area (Å²) in [6.45, 7) is 0. The quantitative estimate of drug-likeness (QED) is 0.719. The van der Waals surface area contributed by atoms with E-state index < -0.39 is 0 Å². The van der Waals surface area contributed by atoms with Crippen molar-refractivity contribution in [2.75, 3.05) is 0 Å². The van der Waals surface area contributed by atoms with E-state index >= 15 is 0 Å². The molecule has 1 aliphatic carbocycles. The highest BCUT2D eigenvalue weighted by molar-refractivity contribution is 5.94. The Kier molecular flexibility index (Phi) is 3.43. The second-order valence-corrected chi connectivity index (χ2v) is 5.85. The molecule has 0 bridgehead atoms. The maximum atomic E-state index is 9.70. The predicted molar refractivity (Wildman–Crippen MR) is 93.2 cm³/mol. The van der Waals surface area contributed by atoms with Crippen LogP contribution in [0.5, 0.6) is 5.75 Å². The van der Waals surface area contributed by atoms with Crippen molar-refractivity contribution >= 4 is 11.6 Å². The summed E-state index contributed by atoms with van der Waals surface area (Å²) < 4.78 is 0. The molecule has 0 atom stereocenters. The van der Waals surface area contributed by atoms with Gasteiger partial charge in [-0.25, -0.2) is 0 Å². The van der Waals surface area contributed by atoms with Crippen molar-refractivity contribution in [3.63, 3.8) is 0 Å². The highest BCUT2D eigenvalue weighted by Gasteiger charge is 2.17. The van der Waals surface area contributed by atoms with Gasteiger partial charge in [-0.2, -0.15) is 0 Å². The lowest BCUT2D eigenvalue weighted by Crippen LogP contribution is -1.92. The molecule has 23 heavy (non-hydrogen) atoms. The molecule has 4 rings (SSSR count). The normalized spacial score (nSPS) is 13.0. The largest absolute Gasteiger partial charge is 0.506 e. The van der Waals surface area contributed by atoms with Crippen molar-refractivity contribution in [3.8, 4) is 5.75 Å². The topological polar surface area (TPSA) is 33.1 Å². The van der Waals surface area contributed by atoms with Gasteiger partial charge < -0.3 is 5.11 Å². The number of aromatic hydroxyl groups is 1. The summed E-state index contributed by atoms with van der Waals surface area (Å²) in [4.78, 5) is 4.09. The maximum Gasteiger partial charge on any atom is 0.134 e. The lowest BCUT2D eigenvalue weighted by atomic mass is 9.92. The molecule has 1 aliphatic rings. The number of hydrogen-bond donors (Lipinski definition) is 1. The van der Waals surface area contributed by atoms with Gasteiger partial charge >= 0.3 is 0 Å². The second kappa shape index (κ2) is 5.73. The molecule has 3 aromatic rings. The van der Waals surface area contributed by atoms with Crippen LogP contribution in [-0.4, -0.2) is 10.1 Å². The van der Waals surface area contributed by atoms with Gasteiger partial charge in [0.25, 0.3) is 0 Å². The third-order valence-electron chi connectivity index (χ3n) is 4.33. The van der Waals surface area contributed by atoms with Crippen LogP contribution in [0.3, 0.4) is 0 Å². The first-order valence-corrected chi connectivity index (χ1v) is 7.83. The van der Waals surface area contributed by atoms with Crippen molar-refractivity contribution in [1.29, 1.82) is 0 Å². The summed E-state index contributed by atoms with van der Waals surface area (Å²) in [6, 6.07) is 18.9. The average Bonchev–Trinajstić information content (AvgIpc) is 2.73. The highest BCUT2D eigenvalue weighted by Crippen LogP contribution is 2.34. The van der Waals surface area contributed by atoms with Gasteiger partial charge in [0.2, 0.25) is 0 Å². The monoisotopic (exact) mass is 299 g/mol. The summed E-state index contributed by atoms with van der Waals surface area (Å²) >= 11 is 0. The van der Waals surface area contributed by atoms with E-state index in [4.69, 9.17) is 0 Å². The molecule has 112 valence electrons. The number of pyridine rings is 1. The first-order valence-electron chi connectivity index (χ1n) is 7.83. The molecule has 2 heteroatoms. The highest BCUT2D eigenvalue weighted by atomic mass is 16.3. The second-order valence-electron chi connectivity index (χ2n) is 5.85. The van der Waals surface area contributed by atoms with E-state index in [0.717, 1.165) is 18.4 Å². The Morgan fingerprint density at radius 1 is 0.826 bits per heavy atom. The maximum absolute atomic E-state index is 9.70. The number of aromatic nitrogens is 1. The molecule has 0 aliphatic heterocycles. The number of benzene rings is 2. The minimum absolute atomic E-state index is 0.189. The van der Waals surface area contributed by atoms with E-state index in [1.807, 2.05) is 0 Å². The molecule has 0 spiro atoms. The van der Waals surface area contributed by atoms with E-state index in [1.54, 1.807) is 12.3 Å². The number of hydrogen-bond acceptors (Lipinski definition) is 2. The minimum atomic E-state index is 0.189. The van der Waals surface area contributed by atoms with Gasteiger partial charge in [-0.3, -0.25) is 4.98 Å². The van der Waals surface area contributed by atoms with E-state index in [9.17, 15) is 5.11 Å². The summed E-state index contributed by atoms with van der Waals surface area (Å²) in [6.07, 6.45) is 7.45. The van der Waals surface area contributed by atoms with E-state index in [0.29, 0.717) is 0 Å². The molecule has 2 nitrogen and oxygen atoms in total. The van der Waals surface area contributed by atoms with Crippen LogP contribution in [0.25, 0.3) is 11.6 Å². The molecule has 0 saturated carbocycles. The molecule has 0 saturated heterocycles. The molecular formula is C21H17NO. The van der Waals surface area contributed by atoms with Gasteiger partial charge in [0.05, 0.1) is 6.20 Å². The molecule has 1 heterocycles. The van der Waals surface area contributed by atoms with Crippen LogP contribution >= 0.6 is 0 Å². The smallest absolute Gasteiger partial charge is 0.134 e. The summed E-state index contributed by atoms with van der Waals surface area (Å²) in [7, 11) is 0. The van der Waals surface area contributed by atoms with Crippen molar-refractivity contribution in [2.45, 2.75) is 12.8 Å². The van der Waals surface area contributed by atoms with Crippen LogP contribution in [0, 0.1) is 0 Å². The Bertz CT molecular complexity index is 846. The van der Waals surface area contributed by atoms with E-state index in [-0.39, 0.29) is 5.75 Å². The summed E-state index contributed by atoms with van der Waals surface area (Å²) in [5.74, 6) is 0.189. The molecule has 0 radical (unpaired) electrons. The zero-order chi connectivity index (χ0) is 15.6. The Labute approximate surface area is 135 Å². The Morgan fingerprint density at radius 3 is 2.04 bits per heavy atom. The molecule has 0 fully saturated rings. The van der Waals surface area contributed by atoms with Crippen LogP contribution < -0.4 is 0 Å². The van der Waals surface area contributed by atoms with Crippen LogP contribution in [0.15, 0.2) is 67.0 Å². The van der Waals surface area contributed by atoms with Crippen LogP contribution in [0.1, 0.15) is 27.8 Å². The summed E-state index contributed by atoms with van der Waals surface area (Å²) in [5.41, 5.74) is 7.36. The Morgan fingerprint density at radius 2 is 1.43 bits per heavy atom. The number of nitrogens with zero attached hydrogens (tertiary/aromatic N) is 1. The Hall–Kier alpha value is -2.87. The third kappa shape index (κ3) is 2.64. The minimum Gasteiger partial charge on any atom is -0.506 e. The fraction of sp³-hybridized carbons (Fsp3) is 0.0952. The van der Waals surface area contributed by atoms with Crippen LogP contribution in [0.2, 0.25) is 0 Å². The zero-order valence-electron chi connectivity index (χ0n) is 12.7. The number of fused-ring (bicyclic) bond motifs is 2. The van der Waals surface area contributed by atoms with Gasteiger partial charge in [-0.15, -0.1) is 0 Å². The SMILES string of the molecule is Oc1cncc(C=C2c3ccccc3CCc3ccccc32)c1. The van der Waals surface area contributed by atoms with E-state index in [2.05, 4.69) is 59.6 Å². The first-order chi connectivity index (χ1) is 11.3.